The summed E-state index contributed by atoms with van der Waals surface area (Å²) in [5.74, 6) is 1.10. The van der Waals surface area contributed by atoms with Gasteiger partial charge in [-0.25, -0.2) is 24.4 Å². The summed E-state index contributed by atoms with van der Waals surface area (Å²) in [6.07, 6.45) is 3.20. The molecule has 2 aromatic heterocycles. The SMILES string of the molecule is Cc1cccc(N2c3ncncc3C(c3ccc(C#N)cc3)n3c2n[nH]c3=O)c1. The maximum absolute atomic E-state index is 12.7. The van der Waals surface area contributed by atoms with E-state index in [1.54, 1.807) is 22.9 Å². The van der Waals surface area contributed by atoms with Crippen LogP contribution in [0.1, 0.15) is 28.3 Å². The van der Waals surface area contributed by atoms with Gasteiger partial charge in [-0.15, -0.1) is 5.10 Å². The van der Waals surface area contributed by atoms with E-state index in [1.807, 2.05) is 48.2 Å². The van der Waals surface area contributed by atoms with E-state index < -0.39 is 6.04 Å². The van der Waals surface area contributed by atoms with Crippen LogP contribution in [0.15, 0.2) is 65.8 Å². The second-order valence-electron chi connectivity index (χ2n) is 6.81. The lowest BCUT2D eigenvalue weighted by molar-refractivity contribution is 0.629. The Bertz CT molecular complexity index is 1310. The average molecular weight is 381 g/mol. The number of hydrogen-bond acceptors (Lipinski definition) is 6. The lowest BCUT2D eigenvalue weighted by Gasteiger charge is -2.34. The first kappa shape index (κ1) is 16.9. The zero-order valence-electron chi connectivity index (χ0n) is 15.4. The van der Waals surface area contributed by atoms with E-state index in [0.717, 1.165) is 22.4 Å². The lowest BCUT2D eigenvalue weighted by atomic mass is 9.97. The third-order valence-corrected chi connectivity index (χ3v) is 4.98. The molecule has 2 aromatic carbocycles. The van der Waals surface area contributed by atoms with Crippen LogP contribution in [-0.2, 0) is 0 Å². The Balaban J connectivity index is 1.78. The molecule has 8 heteroatoms. The number of aromatic nitrogens is 5. The summed E-state index contributed by atoms with van der Waals surface area (Å²) < 4.78 is 1.59. The summed E-state index contributed by atoms with van der Waals surface area (Å²) in [7, 11) is 0. The monoisotopic (exact) mass is 381 g/mol. The first-order chi connectivity index (χ1) is 14.2. The van der Waals surface area contributed by atoms with Crippen molar-refractivity contribution >= 4 is 17.5 Å². The Morgan fingerprint density at radius 1 is 1.17 bits per heavy atom. The molecule has 1 atom stereocenters. The fourth-order valence-corrected chi connectivity index (χ4v) is 3.71. The van der Waals surface area contributed by atoms with Crippen LogP contribution in [0, 0.1) is 18.3 Å². The number of aromatic amines is 1. The number of fused-ring (bicyclic) bond motifs is 2. The highest BCUT2D eigenvalue weighted by atomic mass is 16.2. The zero-order valence-corrected chi connectivity index (χ0v) is 15.4. The van der Waals surface area contributed by atoms with E-state index in [0.29, 0.717) is 17.3 Å². The second kappa shape index (κ2) is 6.42. The van der Waals surface area contributed by atoms with Crippen molar-refractivity contribution in [3.63, 3.8) is 0 Å². The van der Waals surface area contributed by atoms with E-state index in [4.69, 9.17) is 5.26 Å². The minimum absolute atomic E-state index is 0.332. The first-order valence-electron chi connectivity index (χ1n) is 9.01. The topological polar surface area (TPSA) is 103 Å². The van der Waals surface area contributed by atoms with Gasteiger partial charge in [0.2, 0.25) is 5.95 Å². The normalized spacial score (nSPS) is 14.8. The van der Waals surface area contributed by atoms with Crippen molar-refractivity contribution in [3.05, 3.63) is 93.8 Å². The summed E-state index contributed by atoms with van der Waals surface area (Å²) in [5.41, 5.74) is 3.76. The molecule has 0 fully saturated rings. The van der Waals surface area contributed by atoms with Crippen molar-refractivity contribution < 1.29 is 0 Å². The van der Waals surface area contributed by atoms with Crippen LogP contribution in [-0.4, -0.2) is 24.7 Å². The molecule has 8 nitrogen and oxygen atoms in total. The molecule has 4 aromatic rings. The largest absolute Gasteiger partial charge is 0.345 e. The molecule has 1 aliphatic heterocycles. The molecule has 0 saturated carbocycles. The zero-order chi connectivity index (χ0) is 20.0. The highest BCUT2D eigenvalue weighted by Crippen LogP contribution is 2.44. The molecule has 5 rings (SSSR count). The van der Waals surface area contributed by atoms with Crippen molar-refractivity contribution in [2.24, 2.45) is 0 Å². The minimum Gasteiger partial charge on any atom is -0.263 e. The lowest BCUT2D eigenvalue weighted by Crippen LogP contribution is -2.33. The van der Waals surface area contributed by atoms with Gasteiger partial charge in [0, 0.05) is 11.8 Å². The third kappa shape index (κ3) is 2.60. The fourth-order valence-electron chi connectivity index (χ4n) is 3.71. The van der Waals surface area contributed by atoms with E-state index >= 15 is 0 Å². The van der Waals surface area contributed by atoms with Crippen molar-refractivity contribution in [1.82, 2.24) is 24.7 Å². The number of aryl methyl sites for hydroxylation is 1. The molecule has 3 heterocycles. The van der Waals surface area contributed by atoms with Crippen molar-refractivity contribution in [2.75, 3.05) is 4.90 Å². The second-order valence-corrected chi connectivity index (χ2v) is 6.81. The Labute approximate surface area is 165 Å². The van der Waals surface area contributed by atoms with Crippen LogP contribution in [0.5, 0.6) is 0 Å². The number of H-pyrrole nitrogens is 1. The van der Waals surface area contributed by atoms with Crippen molar-refractivity contribution in [1.29, 1.82) is 5.26 Å². The van der Waals surface area contributed by atoms with Gasteiger partial charge in [-0.05, 0) is 42.3 Å². The summed E-state index contributed by atoms with van der Waals surface area (Å²) in [5, 5.41) is 16.0. The molecular formula is C21H15N7O. The van der Waals surface area contributed by atoms with Gasteiger partial charge in [-0.3, -0.25) is 4.90 Å². The number of nitrogens with one attached hydrogen (secondary N) is 1. The van der Waals surface area contributed by atoms with Gasteiger partial charge in [0.1, 0.15) is 12.1 Å². The van der Waals surface area contributed by atoms with Crippen LogP contribution in [0.4, 0.5) is 17.5 Å². The third-order valence-electron chi connectivity index (χ3n) is 4.98. The standard InChI is InChI=1S/C21H15N7O/c1-13-3-2-4-16(9-13)27-19-17(11-23-12-24-19)18(28-20(27)25-26-21(28)29)15-7-5-14(10-22)6-8-15/h2-9,11-12,18H,1H3,(H,26,29). The highest BCUT2D eigenvalue weighted by molar-refractivity contribution is 5.75. The maximum atomic E-state index is 12.7. The molecule has 1 N–H and O–H groups in total. The predicted octanol–water partition coefficient (Wildman–Crippen LogP) is 2.96. The average Bonchev–Trinajstić information content (AvgIpc) is 3.13. The first-order valence-corrected chi connectivity index (χ1v) is 9.01. The highest BCUT2D eigenvalue weighted by Gasteiger charge is 2.36. The van der Waals surface area contributed by atoms with Crippen LogP contribution >= 0.6 is 0 Å². The van der Waals surface area contributed by atoms with Gasteiger partial charge < -0.3 is 0 Å². The molecule has 1 aliphatic rings. The van der Waals surface area contributed by atoms with Gasteiger partial charge >= 0.3 is 5.69 Å². The summed E-state index contributed by atoms with van der Waals surface area (Å²) in [6.45, 7) is 2.01. The van der Waals surface area contributed by atoms with Gasteiger partial charge in [0.05, 0.1) is 23.4 Å². The molecule has 0 amide bonds. The van der Waals surface area contributed by atoms with Gasteiger partial charge in [-0.1, -0.05) is 24.3 Å². The van der Waals surface area contributed by atoms with Gasteiger partial charge in [0.15, 0.2) is 0 Å². The Kier molecular flexibility index (Phi) is 3.74. The molecule has 0 saturated heterocycles. The Morgan fingerprint density at radius 2 is 2.00 bits per heavy atom. The smallest absolute Gasteiger partial charge is 0.263 e. The minimum atomic E-state index is -0.457. The molecule has 0 spiro atoms. The van der Waals surface area contributed by atoms with Crippen LogP contribution in [0.25, 0.3) is 0 Å². The molecule has 0 radical (unpaired) electrons. The van der Waals surface area contributed by atoms with E-state index in [-0.39, 0.29) is 5.69 Å². The number of anilines is 3. The Hall–Kier alpha value is -4.25. The number of nitriles is 1. The van der Waals surface area contributed by atoms with E-state index in [1.165, 1.54) is 6.33 Å². The molecule has 1 unspecified atom stereocenters. The molecule has 29 heavy (non-hydrogen) atoms. The van der Waals surface area contributed by atoms with E-state index in [2.05, 4.69) is 26.2 Å². The van der Waals surface area contributed by atoms with Crippen LogP contribution < -0.4 is 10.6 Å². The number of rotatable bonds is 2. The van der Waals surface area contributed by atoms with Crippen molar-refractivity contribution in [3.8, 4) is 6.07 Å². The molecule has 0 bridgehead atoms. The van der Waals surface area contributed by atoms with Crippen LogP contribution in [0.3, 0.4) is 0 Å². The molecule has 140 valence electrons. The van der Waals surface area contributed by atoms with Gasteiger partial charge in [0.25, 0.3) is 0 Å². The molecule has 0 aliphatic carbocycles. The van der Waals surface area contributed by atoms with Crippen molar-refractivity contribution in [2.45, 2.75) is 13.0 Å². The summed E-state index contributed by atoms with van der Waals surface area (Å²) in [4.78, 5) is 23.3. The number of nitrogens with zero attached hydrogens (tertiary/aromatic N) is 6. The number of hydrogen-bond donors (Lipinski definition) is 1. The van der Waals surface area contributed by atoms with Crippen LogP contribution in [0.2, 0.25) is 0 Å². The number of benzene rings is 2. The summed E-state index contributed by atoms with van der Waals surface area (Å²) in [6, 6.07) is 16.7. The quantitative estimate of drug-likeness (QED) is 0.504. The fraction of sp³-hybridized carbons (Fsp3) is 0.0952. The van der Waals surface area contributed by atoms with E-state index in [9.17, 15) is 4.79 Å². The summed E-state index contributed by atoms with van der Waals surface area (Å²) >= 11 is 0. The Morgan fingerprint density at radius 3 is 2.76 bits per heavy atom. The van der Waals surface area contributed by atoms with Gasteiger partial charge in [-0.2, -0.15) is 5.26 Å². The maximum Gasteiger partial charge on any atom is 0.345 e. The predicted molar refractivity (Wildman–Crippen MR) is 106 cm³/mol. The molecular weight excluding hydrogens is 366 g/mol.